The number of ether oxygens (including phenoxy) is 1. The van der Waals surface area contributed by atoms with Crippen LogP contribution in [0.4, 0.5) is 13.2 Å². The SMILES string of the molecule is COc1ccc(C(=N)C(C)(C)C(=O)NCCCCBr)c2cc(C(F)(F)F)oc12. The van der Waals surface area contributed by atoms with Gasteiger partial charge in [0.15, 0.2) is 11.3 Å². The van der Waals surface area contributed by atoms with E-state index in [0.29, 0.717) is 6.54 Å². The standard InChI is InChI=1S/C19H22BrF3N2O3/c1-18(2,17(26)25-9-5-4-8-20)16(24)11-6-7-13(27-3)15-12(11)10-14(28-15)19(21,22)23/h6-7,10,24H,4-5,8-9H2,1-3H3,(H,25,26). The van der Waals surface area contributed by atoms with Crippen molar-refractivity contribution in [2.24, 2.45) is 5.41 Å². The summed E-state index contributed by atoms with van der Waals surface area (Å²) in [7, 11) is 1.32. The minimum Gasteiger partial charge on any atom is -0.493 e. The van der Waals surface area contributed by atoms with Gasteiger partial charge < -0.3 is 19.9 Å². The molecule has 1 heterocycles. The third-order valence-corrected chi connectivity index (χ3v) is 5.02. The Labute approximate surface area is 169 Å². The first-order valence-corrected chi connectivity index (χ1v) is 9.77. The predicted octanol–water partition coefficient (Wildman–Crippen LogP) is 5.15. The molecule has 0 fully saturated rings. The highest BCUT2D eigenvalue weighted by atomic mass is 79.9. The lowest BCUT2D eigenvalue weighted by Gasteiger charge is -2.25. The zero-order valence-corrected chi connectivity index (χ0v) is 17.4. The molecular weight excluding hydrogens is 441 g/mol. The van der Waals surface area contributed by atoms with Gasteiger partial charge in [-0.25, -0.2) is 0 Å². The molecule has 28 heavy (non-hydrogen) atoms. The second kappa shape index (κ2) is 8.55. The van der Waals surface area contributed by atoms with Gasteiger partial charge in [0.1, 0.15) is 0 Å². The average molecular weight is 463 g/mol. The number of fused-ring (bicyclic) bond motifs is 1. The number of alkyl halides is 4. The zero-order chi connectivity index (χ0) is 21.1. The van der Waals surface area contributed by atoms with Crippen LogP contribution in [0.2, 0.25) is 0 Å². The van der Waals surface area contributed by atoms with E-state index < -0.39 is 17.4 Å². The molecule has 0 aliphatic heterocycles. The van der Waals surface area contributed by atoms with Crippen LogP contribution in [0, 0.1) is 10.8 Å². The molecule has 5 nitrogen and oxygen atoms in total. The number of carbonyl (C=O) groups is 1. The number of methoxy groups -OCH3 is 1. The fourth-order valence-corrected chi connectivity index (χ4v) is 3.11. The first-order valence-electron chi connectivity index (χ1n) is 8.65. The minimum atomic E-state index is -4.67. The summed E-state index contributed by atoms with van der Waals surface area (Å²) in [5.41, 5.74) is -1.26. The number of unbranched alkanes of at least 4 members (excludes halogenated alkanes) is 1. The van der Waals surface area contributed by atoms with Gasteiger partial charge in [0.25, 0.3) is 0 Å². The van der Waals surface area contributed by atoms with Gasteiger partial charge in [0.2, 0.25) is 11.7 Å². The molecule has 1 amide bonds. The smallest absolute Gasteiger partial charge is 0.449 e. The minimum absolute atomic E-state index is 0.0804. The molecule has 0 unspecified atom stereocenters. The molecule has 2 aromatic rings. The van der Waals surface area contributed by atoms with Crippen LogP contribution in [0.15, 0.2) is 22.6 Å². The monoisotopic (exact) mass is 462 g/mol. The van der Waals surface area contributed by atoms with Crippen LogP contribution >= 0.6 is 15.9 Å². The summed E-state index contributed by atoms with van der Waals surface area (Å²) in [6, 6.07) is 3.74. The van der Waals surface area contributed by atoms with E-state index >= 15 is 0 Å². The fourth-order valence-electron chi connectivity index (χ4n) is 2.71. The van der Waals surface area contributed by atoms with Crippen LogP contribution in [0.1, 0.15) is 38.0 Å². The zero-order valence-electron chi connectivity index (χ0n) is 15.8. The molecule has 154 valence electrons. The number of halogens is 4. The fraction of sp³-hybridized carbons (Fsp3) is 0.474. The molecule has 0 bridgehead atoms. The normalized spacial score (nSPS) is 12.2. The van der Waals surface area contributed by atoms with Crippen LogP contribution in [0.3, 0.4) is 0 Å². The Kier molecular flexibility index (Phi) is 6.80. The topological polar surface area (TPSA) is 75.3 Å². The van der Waals surface area contributed by atoms with Gasteiger partial charge in [0, 0.05) is 22.8 Å². The van der Waals surface area contributed by atoms with Gasteiger partial charge in [-0.15, -0.1) is 0 Å². The molecule has 2 rings (SSSR count). The van der Waals surface area contributed by atoms with E-state index in [1.54, 1.807) is 13.8 Å². The Morgan fingerprint density at radius 2 is 1.96 bits per heavy atom. The van der Waals surface area contributed by atoms with Crippen molar-refractivity contribution in [2.75, 3.05) is 19.0 Å². The number of benzene rings is 1. The molecular formula is C19H22BrF3N2O3. The van der Waals surface area contributed by atoms with Crippen molar-refractivity contribution >= 4 is 38.5 Å². The van der Waals surface area contributed by atoms with Crippen LogP contribution in [0.5, 0.6) is 5.75 Å². The molecule has 0 aliphatic carbocycles. The lowest BCUT2D eigenvalue weighted by atomic mass is 9.81. The number of furan rings is 1. The van der Waals surface area contributed by atoms with Crippen LogP contribution in [-0.2, 0) is 11.0 Å². The number of carbonyl (C=O) groups excluding carboxylic acids is 1. The number of rotatable bonds is 8. The summed E-state index contributed by atoms with van der Waals surface area (Å²) in [5.74, 6) is -1.42. The summed E-state index contributed by atoms with van der Waals surface area (Å²) in [6.45, 7) is 3.59. The summed E-state index contributed by atoms with van der Waals surface area (Å²) >= 11 is 3.31. The maximum Gasteiger partial charge on any atom is 0.449 e. The van der Waals surface area contributed by atoms with E-state index in [2.05, 4.69) is 21.2 Å². The van der Waals surface area contributed by atoms with Crippen LogP contribution in [-0.4, -0.2) is 30.6 Å². The van der Waals surface area contributed by atoms with Crippen molar-refractivity contribution in [1.29, 1.82) is 5.41 Å². The predicted molar refractivity (Wildman–Crippen MR) is 104 cm³/mol. The molecule has 0 saturated carbocycles. The van der Waals surface area contributed by atoms with Crippen molar-refractivity contribution in [3.05, 3.63) is 29.5 Å². The Balaban J connectivity index is 2.41. The highest BCUT2D eigenvalue weighted by molar-refractivity contribution is 9.09. The molecule has 0 aliphatic rings. The maximum absolute atomic E-state index is 13.1. The van der Waals surface area contributed by atoms with E-state index in [0.717, 1.165) is 24.2 Å². The Bertz CT molecular complexity index is 875. The van der Waals surface area contributed by atoms with Crippen molar-refractivity contribution in [2.45, 2.75) is 32.9 Å². The van der Waals surface area contributed by atoms with Crippen molar-refractivity contribution < 1.29 is 27.1 Å². The maximum atomic E-state index is 13.1. The van der Waals surface area contributed by atoms with Crippen LogP contribution in [0.25, 0.3) is 11.0 Å². The summed E-state index contributed by atoms with van der Waals surface area (Å²) in [6.07, 6.45) is -3.00. The molecule has 1 aromatic heterocycles. The highest BCUT2D eigenvalue weighted by Crippen LogP contribution is 2.39. The number of nitrogens with one attached hydrogen (secondary N) is 2. The lowest BCUT2D eigenvalue weighted by Crippen LogP contribution is -2.42. The lowest BCUT2D eigenvalue weighted by molar-refractivity contribution is -0.152. The van der Waals surface area contributed by atoms with E-state index in [9.17, 15) is 18.0 Å². The van der Waals surface area contributed by atoms with Crippen LogP contribution < -0.4 is 10.1 Å². The average Bonchev–Trinajstić information content (AvgIpc) is 3.09. The molecule has 0 spiro atoms. The van der Waals surface area contributed by atoms with Gasteiger partial charge in [-0.3, -0.25) is 4.79 Å². The van der Waals surface area contributed by atoms with E-state index in [1.165, 1.54) is 19.2 Å². The molecule has 1 aromatic carbocycles. The molecule has 0 atom stereocenters. The molecule has 2 N–H and O–H groups in total. The highest BCUT2D eigenvalue weighted by Gasteiger charge is 2.38. The third-order valence-electron chi connectivity index (χ3n) is 4.45. The van der Waals surface area contributed by atoms with Crippen molar-refractivity contribution in [1.82, 2.24) is 5.32 Å². The Morgan fingerprint density at radius 3 is 2.54 bits per heavy atom. The molecule has 0 radical (unpaired) electrons. The second-order valence-corrected chi connectivity index (χ2v) is 7.61. The second-order valence-electron chi connectivity index (χ2n) is 6.82. The quantitative estimate of drug-likeness (QED) is 0.323. The van der Waals surface area contributed by atoms with E-state index in [-0.39, 0.29) is 33.9 Å². The number of amides is 1. The van der Waals surface area contributed by atoms with Crippen molar-refractivity contribution in [3.8, 4) is 5.75 Å². The first-order chi connectivity index (χ1) is 13.0. The van der Waals surface area contributed by atoms with Gasteiger partial charge in [-0.05, 0) is 44.9 Å². The van der Waals surface area contributed by atoms with E-state index in [4.69, 9.17) is 14.6 Å². The number of hydrogen-bond donors (Lipinski definition) is 2. The Hall–Kier alpha value is -2.03. The Morgan fingerprint density at radius 1 is 1.29 bits per heavy atom. The summed E-state index contributed by atoms with van der Waals surface area (Å²) in [4.78, 5) is 12.6. The van der Waals surface area contributed by atoms with Crippen molar-refractivity contribution in [3.63, 3.8) is 0 Å². The summed E-state index contributed by atoms with van der Waals surface area (Å²) < 4.78 is 49.4. The van der Waals surface area contributed by atoms with Gasteiger partial charge in [0.05, 0.1) is 18.2 Å². The molecule has 9 heteroatoms. The first kappa shape index (κ1) is 22.3. The van der Waals surface area contributed by atoms with Gasteiger partial charge >= 0.3 is 6.18 Å². The van der Waals surface area contributed by atoms with E-state index in [1.807, 2.05) is 0 Å². The molecule has 0 saturated heterocycles. The number of hydrogen-bond acceptors (Lipinski definition) is 4. The summed E-state index contributed by atoms with van der Waals surface area (Å²) in [5, 5.41) is 12.2. The largest absolute Gasteiger partial charge is 0.493 e. The third kappa shape index (κ3) is 4.51. The van der Waals surface area contributed by atoms with Gasteiger partial charge in [-0.1, -0.05) is 15.9 Å². The van der Waals surface area contributed by atoms with Gasteiger partial charge in [-0.2, -0.15) is 13.2 Å².